The Morgan fingerprint density at radius 2 is 2.21 bits per heavy atom. The van der Waals surface area contributed by atoms with Gasteiger partial charge in [-0.2, -0.15) is 5.10 Å². The number of aryl methyl sites for hydroxylation is 2. The van der Waals surface area contributed by atoms with Crippen LogP contribution in [-0.4, -0.2) is 34.0 Å². The Balaban J connectivity index is 1.60. The van der Waals surface area contributed by atoms with Gasteiger partial charge in [0.15, 0.2) is 5.11 Å². The minimum atomic E-state index is -0.261. The first kappa shape index (κ1) is 21.1. The van der Waals surface area contributed by atoms with Gasteiger partial charge in [-0.25, -0.2) is 4.79 Å². The van der Waals surface area contributed by atoms with E-state index in [4.69, 9.17) is 28.6 Å². The van der Waals surface area contributed by atoms with Crippen molar-refractivity contribution in [3.8, 4) is 0 Å². The Hall–Kier alpha value is -1.64. The van der Waals surface area contributed by atoms with Gasteiger partial charge in [0.2, 0.25) is 0 Å². The van der Waals surface area contributed by atoms with Gasteiger partial charge in [0.05, 0.1) is 23.4 Å². The summed E-state index contributed by atoms with van der Waals surface area (Å²) in [5.41, 5.74) is 1.81. The monoisotopic (exact) mass is 440 g/mol. The van der Waals surface area contributed by atoms with Crippen LogP contribution in [0.25, 0.3) is 0 Å². The summed E-state index contributed by atoms with van der Waals surface area (Å²) in [4.78, 5) is 13.9. The van der Waals surface area contributed by atoms with Gasteiger partial charge in [0.1, 0.15) is 5.00 Å². The molecule has 0 saturated heterocycles. The third-order valence-corrected chi connectivity index (χ3v) is 6.23. The molecule has 0 amide bonds. The second kappa shape index (κ2) is 10.2. The number of thiophene rings is 1. The van der Waals surface area contributed by atoms with E-state index in [2.05, 4.69) is 15.7 Å². The van der Waals surface area contributed by atoms with E-state index >= 15 is 0 Å². The molecule has 0 aliphatic heterocycles. The summed E-state index contributed by atoms with van der Waals surface area (Å²) in [7, 11) is 0. The molecule has 2 heterocycles. The summed E-state index contributed by atoms with van der Waals surface area (Å²) >= 11 is 12.9. The second-order valence-electron chi connectivity index (χ2n) is 6.65. The molecule has 0 unspecified atom stereocenters. The number of halogens is 1. The van der Waals surface area contributed by atoms with Gasteiger partial charge in [-0.1, -0.05) is 18.0 Å². The number of carbonyl (C=O) groups is 1. The molecule has 0 saturated carbocycles. The first-order valence-electron chi connectivity index (χ1n) is 9.63. The third-order valence-electron chi connectivity index (χ3n) is 4.58. The smallest absolute Gasteiger partial charge is 0.341 e. The van der Waals surface area contributed by atoms with E-state index in [0.717, 1.165) is 49.2 Å². The summed E-state index contributed by atoms with van der Waals surface area (Å²) in [6, 6.07) is 0. The van der Waals surface area contributed by atoms with Crippen LogP contribution in [0, 0.1) is 0 Å². The fraction of sp³-hybridized carbons (Fsp3) is 0.526. The van der Waals surface area contributed by atoms with Crippen molar-refractivity contribution in [3.63, 3.8) is 0 Å². The maximum absolute atomic E-state index is 12.6. The molecule has 0 atom stereocenters. The number of nitrogens with zero attached hydrogens (tertiary/aromatic N) is 2. The van der Waals surface area contributed by atoms with Crippen LogP contribution in [0.4, 0.5) is 5.00 Å². The maximum Gasteiger partial charge on any atom is 0.341 e. The summed E-state index contributed by atoms with van der Waals surface area (Å²) in [6.45, 7) is 3.64. The average molecular weight is 441 g/mol. The normalized spacial score (nSPS) is 13.5. The molecule has 0 aromatic carbocycles. The van der Waals surface area contributed by atoms with Gasteiger partial charge in [0.25, 0.3) is 0 Å². The lowest BCUT2D eigenvalue weighted by Crippen LogP contribution is -2.30. The van der Waals surface area contributed by atoms with Crippen molar-refractivity contribution in [2.45, 2.75) is 52.0 Å². The molecule has 1 aliphatic carbocycles. The van der Waals surface area contributed by atoms with E-state index in [0.29, 0.717) is 28.9 Å². The molecule has 0 fully saturated rings. The molecule has 0 spiro atoms. The molecular weight excluding hydrogens is 416 g/mol. The summed E-state index contributed by atoms with van der Waals surface area (Å²) < 4.78 is 7.11. The molecule has 9 heteroatoms. The minimum absolute atomic E-state index is 0.261. The summed E-state index contributed by atoms with van der Waals surface area (Å²) in [6.07, 6.45) is 9.68. The van der Waals surface area contributed by atoms with Crippen LogP contribution in [0.15, 0.2) is 12.4 Å². The van der Waals surface area contributed by atoms with Gasteiger partial charge < -0.3 is 15.4 Å². The SMILES string of the molecule is CCOC(=O)c1c(NC(=S)NCCCn2cc(Cl)cn2)sc2c1CCCCC2. The van der Waals surface area contributed by atoms with Crippen LogP contribution >= 0.6 is 35.2 Å². The Labute approximate surface area is 179 Å². The van der Waals surface area contributed by atoms with Crippen molar-refractivity contribution in [1.82, 2.24) is 15.1 Å². The molecule has 2 aromatic heterocycles. The summed E-state index contributed by atoms with van der Waals surface area (Å²) in [5, 5.41) is 12.5. The third kappa shape index (κ3) is 5.46. The molecule has 28 heavy (non-hydrogen) atoms. The zero-order chi connectivity index (χ0) is 19.9. The first-order chi connectivity index (χ1) is 13.6. The number of carbonyl (C=O) groups excluding carboxylic acids is 1. The van der Waals surface area contributed by atoms with Crippen molar-refractivity contribution >= 4 is 51.2 Å². The molecule has 152 valence electrons. The zero-order valence-corrected chi connectivity index (χ0v) is 18.3. The van der Waals surface area contributed by atoms with Crippen LogP contribution in [0.2, 0.25) is 5.02 Å². The number of rotatable bonds is 7. The number of esters is 1. The number of fused-ring (bicyclic) bond motifs is 1. The van der Waals surface area contributed by atoms with Crippen molar-refractivity contribution in [1.29, 1.82) is 0 Å². The zero-order valence-electron chi connectivity index (χ0n) is 15.9. The topological polar surface area (TPSA) is 68.2 Å². The van der Waals surface area contributed by atoms with Crippen LogP contribution in [0.3, 0.4) is 0 Å². The molecule has 2 aromatic rings. The van der Waals surface area contributed by atoms with E-state index in [1.165, 1.54) is 11.3 Å². The van der Waals surface area contributed by atoms with E-state index in [-0.39, 0.29) is 5.97 Å². The van der Waals surface area contributed by atoms with Crippen LogP contribution in [0.1, 0.15) is 53.4 Å². The highest BCUT2D eigenvalue weighted by atomic mass is 35.5. The Morgan fingerprint density at radius 1 is 1.39 bits per heavy atom. The average Bonchev–Trinajstić information content (AvgIpc) is 3.14. The highest BCUT2D eigenvalue weighted by Gasteiger charge is 2.26. The minimum Gasteiger partial charge on any atom is -0.462 e. The molecule has 2 N–H and O–H groups in total. The van der Waals surface area contributed by atoms with E-state index in [9.17, 15) is 4.79 Å². The largest absolute Gasteiger partial charge is 0.462 e. The molecule has 0 bridgehead atoms. The lowest BCUT2D eigenvalue weighted by Gasteiger charge is -2.11. The predicted octanol–water partition coefficient (Wildman–Crippen LogP) is 4.42. The molecule has 0 radical (unpaired) electrons. The predicted molar refractivity (Wildman–Crippen MR) is 118 cm³/mol. The van der Waals surface area contributed by atoms with Crippen molar-refractivity contribution in [2.24, 2.45) is 0 Å². The lowest BCUT2D eigenvalue weighted by molar-refractivity contribution is 0.0527. The van der Waals surface area contributed by atoms with Gasteiger partial charge in [0, 0.05) is 24.2 Å². The Morgan fingerprint density at radius 3 is 2.96 bits per heavy atom. The van der Waals surface area contributed by atoms with Gasteiger partial charge in [-0.05, 0) is 56.8 Å². The number of hydrogen-bond acceptors (Lipinski definition) is 5. The lowest BCUT2D eigenvalue weighted by atomic mass is 10.1. The molecule has 6 nitrogen and oxygen atoms in total. The number of ether oxygens (including phenoxy) is 1. The van der Waals surface area contributed by atoms with Crippen LogP contribution in [0.5, 0.6) is 0 Å². The van der Waals surface area contributed by atoms with Gasteiger partial charge >= 0.3 is 5.97 Å². The van der Waals surface area contributed by atoms with Crippen LogP contribution < -0.4 is 10.6 Å². The Bertz CT molecular complexity index is 834. The van der Waals surface area contributed by atoms with Crippen molar-refractivity contribution in [3.05, 3.63) is 33.4 Å². The molecule has 1 aliphatic rings. The highest BCUT2D eigenvalue weighted by Crippen LogP contribution is 2.38. The number of aromatic nitrogens is 2. The quantitative estimate of drug-likeness (QED) is 0.287. The van der Waals surface area contributed by atoms with Crippen molar-refractivity contribution < 1.29 is 9.53 Å². The first-order valence-corrected chi connectivity index (χ1v) is 11.2. The molecular formula is C19H25ClN4O2S2. The number of nitrogens with one attached hydrogen (secondary N) is 2. The maximum atomic E-state index is 12.6. The molecule has 3 rings (SSSR count). The van der Waals surface area contributed by atoms with Gasteiger partial charge in [-0.3, -0.25) is 4.68 Å². The van der Waals surface area contributed by atoms with E-state index < -0.39 is 0 Å². The number of anilines is 1. The number of thiocarbonyl (C=S) groups is 1. The fourth-order valence-corrected chi connectivity index (χ4v) is 5.01. The van der Waals surface area contributed by atoms with Crippen molar-refractivity contribution in [2.75, 3.05) is 18.5 Å². The summed E-state index contributed by atoms with van der Waals surface area (Å²) in [5.74, 6) is -0.261. The fourth-order valence-electron chi connectivity index (χ4n) is 3.30. The standard InChI is InChI=1S/C19H25ClN4O2S2/c1-2-26-18(25)16-14-7-4-3-5-8-15(14)28-17(16)23-19(27)21-9-6-10-24-12-13(20)11-22-24/h11-12H,2-10H2,1H3,(H2,21,23,27). The van der Waals surface area contributed by atoms with E-state index in [1.54, 1.807) is 28.4 Å². The Kier molecular flexibility index (Phi) is 7.70. The van der Waals surface area contributed by atoms with Gasteiger partial charge in [-0.15, -0.1) is 11.3 Å². The number of hydrogen-bond donors (Lipinski definition) is 2. The second-order valence-corrected chi connectivity index (χ2v) is 8.59. The van der Waals surface area contributed by atoms with Crippen LogP contribution in [-0.2, 0) is 24.1 Å². The van der Waals surface area contributed by atoms with E-state index in [1.807, 2.05) is 6.92 Å². The highest BCUT2D eigenvalue weighted by molar-refractivity contribution is 7.80.